The zero-order chi connectivity index (χ0) is 14.3. The predicted octanol–water partition coefficient (Wildman–Crippen LogP) is 3.43. The van der Waals surface area contributed by atoms with Crippen LogP contribution in [-0.2, 0) is 5.41 Å². The monoisotopic (exact) mass is 306 g/mol. The third-order valence-corrected chi connectivity index (χ3v) is 5.19. The summed E-state index contributed by atoms with van der Waals surface area (Å²) in [6, 6.07) is 2.12. The number of aryl methyl sites for hydroxylation is 1. The van der Waals surface area contributed by atoms with Crippen LogP contribution in [0.15, 0.2) is 21.1 Å². The summed E-state index contributed by atoms with van der Waals surface area (Å²) in [4.78, 5) is 13.2. The van der Waals surface area contributed by atoms with Crippen LogP contribution in [0.4, 0.5) is 0 Å². The number of hydrogen-bond acceptors (Lipinski definition) is 7. The molecule has 3 aromatic heterocycles. The number of nitrogens with zero attached hydrogens (tertiary/aromatic N) is 4. The lowest BCUT2D eigenvalue weighted by Gasteiger charge is -2.20. The molecule has 0 radical (unpaired) electrons. The number of thiazole rings is 1. The largest absolute Gasteiger partial charge is 0.340 e. The summed E-state index contributed by atoms with van der Waals surface area (Å²) < 4.78 is 7.20. The van der Waals surface area contributed by atoms with Gasteiger partial charge in [-0.05, 0) is 31.7 Å². The Kier molecular flexibility index (Phi) is 3.25. The van der Waals surface area contributed by atoms with Crippen molar-refractivity contribution in [3.8, 4) is 0 Å². The van der Waals surface area contributed by atoms with Crippen LogP contribution in [0.3, 0.4) is 0 Å². The highest BCUT2D eigenvalue weighted by Crippen LogP contribution is 2.33. The van der Waals surface area contributed by atoms with Crippen LogP contribution in [0.1, 0.15) is 31.1 Å². The summed E-state index contributed by atoms with van der Waals surface area (Å²) in [5.41, 5.74) is 1.51. The Morgan fingerprint density at radius 3 is 2.75 bits per heavy atom. The zero-order valence-corrected chi connectivity index (χ0v) is 13.3. The molecule has 3 heterocycles. The molecule has 20 heavy (non-hydrogen) atoms. The molecule has 0 saturated heterocycles. The summed E-state index contributed by atoms with van der Waals surface area (Å²) in [6.07, 6.45) is 3.86. The maximum absolute atomic E-state index is 5.09. The van der Waals surface area contributed by atoms with E-state index in [4.69, 9.17) is 4.52 Å². The molecule has 0 atom stereocenters. The van der Waals surface area contributed by atoms with Gasteiger partial charge in [0, 0.05) is 13.1 Å². The van der Waals surface area contributed by atoms with Gasteiger partial charge >= 0.3 is 0 Å². The van der Waals surface area contributed by atoms with Crippen LogP contribution < -0.4 is 0 Å². The molecule has 0 bridgehead atoms. The lowest BCUT2D eigenvalue weighted by Crippen LogP contribution is -2.21. The summed E-state index contributed by atoms with van der Waals surface area (Å²) >= 11 is 3.29. The molecule has 0 spiro atoms. The molecule has 0 unspecified atom stereocenters. The lowest BCUT2D eigenvalue weighted by molar-refractivity contribution is 0.378. The average Bonchev–Trinajstić information content (AvgIpc) is 3.03. The molecule has 0 aliphatic heterocycles. The fraction of sp³-hybridized carbons (Fsp3) is 0.385. The first kappa shape index (κ1) is 13.5. The van der Waals surface area contributed by atoms with Gasteiger partial charge in [0.2, 0.25) is 5.89 Å². The van der Waals surface area contributed by atoms with Crippen LogP contribution >= 0.6 is 23.1 Å². The van der Waals surface area contributed by atoms with E-state index in [1.165, 1.54) is 0 Å². The van der Waals surface area contributed by atoms with Gasteiger partial charge in [0.25, 0.3) is 0 Å². The minimum Gasteiger partial charge on any atom is -0.340 e. The third kappa shape index (κ3) is 2.20. The van der Waals surface area contributed by atoms with Gasteiger partial charge in [0.1, 0.15) is 0 Å². The van der Waals surface area contributed by atoms with Gasteiger partial charge in [-0.15, -0.1) is 11.3 Å². The highest BCUT2D eigenvalue weighted by Gasteiger charge is 2.29. The first-order chi connectivity index (χ1) is 9.50. The van der Waals surface area contributed by atoms with E-state index >= 15 is 0 Å². The molecule has 104 valence electrons. The topological polar surface area (TPSA) is 64.7 Å². The molecule has 5 nitrogen and oxygen atoms in total. The number of rotatable bonds is 3. The summed E-state index contributed by atoms with van der Waals surface area (Å²) in [7, 11) is 0. The maximum Gasteiger partial charge on any atom is 0.223 e. The number of hydrogen-bond donors (Lipinski definition) is 0. The normalized spacial score (nSPS) is 12.2. The second-order valence-electron chi connectivity index (χ2n) is 4.99. The fourth-order valence-corrected chi connectivity index (χ4v) is 3.39. The van der Waals surface area contributed by atoms with E-state index in [9.17, 15) is 0 Å². The van der Waals surface area contributed by atoms with Gasteiger partial charge in [0.15, 0.2) is 15.8 Å². The molecule has 0 aliphatic carbocycles. The van der Waals surface area contributed by atoms with Crippen LogP contribution in [0.2, 0.25) is 0 Å². The van der Waals surface area contributed by atoms with Crippen molar-refractivity contribution in [2.75, 3.05) is 6.26 Å². The Morgan fingerprint density at radius 1 is 1.30 bits per heavy atom. The molecule has 3 rings (SSSR count). The van der Waals surface area contributed by atoms with Crippen LogP contribution in [0, 0.1) is 6.92 Å². The minimum atomic E-state index is -0.345. The molecule has 7 heteroatoms. The second kappa shape index (κ2) is 4.82. The number of pyridine rings is 1. The van der Waals surface area contributed by atoms with E-state index in [2.05, 4.69) is 40.0 Å². The molecular weight excluding hydrogens is 292 g/mol. The molecule has 0 aliphatic rings. The Bertz CT molecular complexity index is 763. The maximum atomic E-state index is 5.09. The van der Waals surface area contributed by atoms with Crippen molar-refractivity contribution >= 4 is 33.4 Å². The molecule has 0 saturated carbocycles. The lowest BCUT2D eigenvalue weighted by atomic mass is 9.85. The second-order valence-corrected chi connectivity index (χ2v) is 7.08. The van der Waals surface area contributed by atoms with Crippen LogP contribution in [-0.4, -0.2) is 26.4 Å². The van der Waals surface area contributed by atoms with Crippen molar-refractivity contribution in [2.24, 2.45) is 0 Å². The zero-order valence-electron chi connectivity index (χ0n) is 11.7. The highest BCUT2D eigenvalue weighted by molar-refractivity contribution is 8.00. The quantitative estimate of drug-likeness (QED) is 0.691. The average molecular weight is 306 g/mol. The Balaban J connectivity index is 2.08. The highest BCUT2D eigenvalue weighted by atomic mass is 32.2. The van der Waals surface area contributed by atoms with E-state index in [1.54, 1.807) is 30.0 Å². The van der Waals surface area contributed by atoms with Crippen molar-refractivity contribution in [3.05, 3.63) is 29.5 Å². The molecule has 3 aromatic rings. The first-order valence-electron chi connectivity index (χ1n) is 6.12. The number of aromatic nitrogens is 4. The van der Waals surface area contributed by atoms with Gasteiger partial charge in [0.05, 0.1) is 10.1 Å². The van der Waals surface area contributed by atoms with Gasteiger partial charge in [-0.3, -0.25) is 0 Å². The smallest absolute Gasteiger partial charge is 0.223 e. The first-order valence-corrected chi connectivity index (χ1v) is 8.16. The Morgan fingerprint density at radius 2 is 2.10 bits per heavy atom. The van der Waals surface area contributed by atoms with Crippen molar-refractivity contribution in [3.63, 3.8) is 0 Å². The fourth-order valence-electron chi connectivity index (χ4n) is 1.91. The molecule has 0 amide bonds. The summed E-state index contributed by atoms with van der Waals surface area (Å²) in [5.74, 6) is 1.25. The van der Waals surface area contributed by atoms with Crippen molar-refractivity contribution in [1.82, 2.24) is 20.1 Å². The van der Waals surface area contributed by atoms with Crippen LogP contribution in [0.25, 0.3) is 10.3 Å². The van der Waals surface area contributed by atoms with Gasteiger partial charge in [-0.2, -0.15) is 4.98 Å². The Labute approximate surface area is 124 Å². The van der Waals surface area contributed by atoms with Crippen LogP contribution in [0.5, 0.6) is 0 Å². The molecule has 0 aromatic carbocycles. The van der Waals surface area contributed by atoms with Gasteiger partial charge in [-0.1, -0.05) is 16.9 Å². The van der Waals surface area contributed by atoms with E-state index in [-0.39, 0.29) is 5.41 Å². The van der Waals surface area contributed by atoms with Gasteiger partial charge in [-0.25, -0.2) is 9.97 Å². The minimum absolute atomic E-state index is 0.345. The molecule has 0 N–H and O–H groups in total. The SMILES string of the molecule is CSc1nc2ncc(C(C)(C)c3noc(C)n3)cc2s1. The third-order valence-electron chi connectivity index (χ3n) is 3.21. The standard InChI is InChI=1S/C13H14N4OS2/c1-7-15-11(17-18-7)13(2,3)8-5-9-10(14-6-8)16-12(19-4)20-9/h5-6H,1-4H3. The van der Waals surface area contributed by atoms with Crippen molar-refractivity contribution in [1.29, 1.82) is 0 Å². The van der Waals surface area contributed by atoms with Crippen molar-refractivity contribution in [2.45, 2.75) is 30.5 Å². The van der Waals surface area contributed by atoms with E-state index < -0.39 is 0 Å². The van der Waals surface area contributed by atoms with Gasteiger partial charge < -0.3 is 4.52 Å². The van der Waals surface area contributed by atoms with E-state index in [1.807, 2.05) is 12.5 Å². The predicted molar refractivity (Wildman–Crippen MR) is 80.4 cm³/mol. The van der Waals surface area contributed by atoms with E-state index in [0.29, 0.717) is 11.7 Å². The van der Waals surface area contributed by atoms with E-state index in [0.717, 1.165) is 20.3 Å². The Hall–Kier alpha value is -1.47. The number of thioether (sulfide) groups is 1. The molecular formula is C13H14N4OS2. The summed E-state index contributed by atoms with van der Waals surface area (Å²) in [5, 5.41) is 4.04. The number of fused-ring (bicyclic) bond motifs is 1. The molecule has 0 fully saturated rings. The van der Waals surface area contributed by atoms with Crippen molar-refractivity contribution < 1.29 is 4.52 Å². The summed E-state index contributed by atoms with van der Waals surface area (Å²) in [6.45, 7) is 5.93.